The van der Waals surface area contributed by atoms with Crippen molar-refractivity contribution in [2.24, 2.45) is 5.92 Å². The van der Waals surface area contributed by atoms with Crippen LogP contribution in [-0.2, 0) is 4.79 Å². The van der Waals surface area contributed by atoms with Gasteiger partial charge in [0.25, 0.3) is 0 Å². The number of halogens is 2. The molecule has 0 aliphatic carbocycles. The summed E-state index contributed by atoms with van der Waals surface area (Å²) < 4.78 is 0. The van der Waals surface area contributed by atoms with Gasteiger partial charge in [0.1, 0.15) is 0 Å². The molecule has 0 saturated heterocycles. The van der Waals surface area contributed by atoms with E-state index in [4.69, 9.17) is 11.6 Å². The van der Waals surface area contributed by atoms with Gasteiger partial charge < -0.3 is 5.32 Å². The predicted octanol–water partition coefficient (Wildman–Crippen LogP) is 2.27. The van der Waals surface area contributed by atoms with Crippen LogP contribution in [0.1, 0.15) is 13.8 Å². The van der Waals surface area contributed by atoms with E-state index in [0.29, 0.717) is 11.6 Å². The van der Waals surface area contributed by atoms with Crippen LogP contribution in [0.2, 0.25) is 0 Å². The highest BCUT2D eigenvalue weighted by Crippen LogP contribution is 2.11. The molecule has 0 aromatic rings. The molecule has 1 unspecified atom stereocenters. The standard InChI is InChI=1S/C8H13BrClNO/c1-5(2)7(9)8(12)11-4-6(3)10/h5,7H,3-4H2,1-2H3,(H,11,12). The molecule has 0 aromatic carbocycles. The van der Waals surface area contributed by atoms with Crippen LogP contribution in [-0.4, -0.2) is 17.3 Å². The van der Waals surface area contributed by atoms with Gasteiger partial charge in [-0.25, -0.2) is 0 Å². The fourth-order valence-electron chi connectivity index (χ4n) is 0.583. The Balaban J connectivity index is 3.80. The van der Waals surface area contributed by atoms with Crippen LogP contribution in [0.25, 0.3) is 0 Å². The first-order valence-corrected chi connectivity index (χ1v) is 4.99. The topological polar surface area (TPSA) is 29.1 Å². The summed E-state index contributed by atoms with van der Waals surface area (Å²) in [6.45, 7) is 7.73. The van der Waals surface area contributed by atoms with Crippen LogP contribution in [0.15, 0.2) is 11.6 Å². The fraction of sp³-hybridized carbons (Fsp3) is 0.625. The summed E-state index contributed by atoms with van der Waals surface area (Å²) in [4.78, 5) is 11.1. The van der Waals surface area contributed by atoms with Crippen LogP contribution >= 0.6 is 27.5 Å². The molecule has 0 fully saturated rings. The molecule has 70 valence electrons. The molecule has 2 nitrogen and oxygen atoms in total. The van der Waals surface area contributed by atoms with Crippen molar-refractivity contribution in [3.63, 3.8) is 0 Å². The lowest BCUT2D eigenvalue weighted by atomic mass is 10.1. The van der Waals surface area contributed by atoms with E-state index in [1.54, 1.807) is 0 Å². The zero-order valence-electron chi connectivity index (χ0n) is 7.23. The molecule has 0 radical (unpaired) electrons. The molecule has 12 heavy (non-hydrogen) atoms. The molecule has 0 aliphatic rings. The molecule has 0 bridgehead atoms. The third kappa shape index (κ3) is 4.78. The van der Waals surface area contributed by atoms with Crippen LogP contribution in [0, 0.1) is 5.92 Å². The minimum atomic E-state index is -0.159. The lowest BCUT2D eigenvalue weighted by Gasteiger charge is -2.12. The fourth-order valence-corrected chi connectivity index (χ4v) is 0.812. The Morgan fingerprint density at radius 2 is 2.17 bits per heavy atom. The largest absolute Gasteiger partial charge is 0.350 e. The van der Waals surface area contributed by atoms with Gasteiger partial charge in [0.05, 0.1) is 11.4 Å². The van der Waals surface area contributed by atoms with Crippen molar-refractivity contribution < 1.29 is 4.79 Å². The van der Waals surface area contributed by atoms with Crippen molar-refractivity contribution in [3.05, 3.63) is 11.6 Å². The number of carbonyl (C=O) groups is 1. The molecule has 1 amide bonds. The summed E-state index contributed by atoms with van der Waals surface area (Å²) in [6.07, 6.45) is 0. The third-order valence-corrected chi connectivity index (χ3v) is 2.90. The smallest absolute Gasteiger partial charge is 0.234 e. The van der Waals surface area contributed by atoms with Crippen LogP contribution in [0.5, 0.6) is 0 Å². The van der Waals surface area contributed by atoms with E-state index >= 15 is 0 Å². The van der Waals surface area contributed by atoms with Crippen molar-refractivity contribution in [3.8, 4) is 0 Å². The average Bonchev–Trinajstić information content (AvgIpc) is 1.98. The summed E-state index contributed by atoms with van der Waals surface area (Å²) in [5.74, 6) is 0.223. The number of carbonyl (C=O) groups excluding carboxylic acids is 1. The molecule has 0 rings (SSSR count). The Kier molecular flexibility index (Phi) is 5.59. The quantitative estimate of drug-likeness (QED) is 0.766. The van der Waals surface area contributed by atoms with Gasteiger partial charge in [-0.2, -0.15) is 0 Å². The number of hydrogen-bond donors (Lipinski definition) is 1. The van der Waals surface area contributed by atoms with Gasteiger partial charge in [-0.15, -0.1) is 0 Å². The molecule has 0 spiro atoms. The highest BCUT2D eigenvalue weighted by Gasteiger charge is 2.17. The van der Waals surface area contributed by atoms with Crippen molar-refractivity contribution in [1.82, 2.24) is 5.32 Å². The SMILES string of the molecule is C=C(Cl)CNC(=O)C(Br)C(C)C. The molecule has 1 atom stereocenters. The number of nitrogens with one attached hydrogen (secondary N) is 1. The highest BCUT2D eigenvalue weighted by atomic mass is 79.9. The molecule has 4 heteroatoms. The molecule has 0 aromatic heterocycles. The Bertz CT molecular complexity index is 182. The Morgan fingerprint density at radius 1 is 1.67 bits per heavy atom. The third-order valence-electron chi connectivity index (χ3n) is 1.29. The van der Waals surface area contributed by atoms with Gasteiger partial charge in [-0.1, -0.05) is 48.0 Å². The molecule has 0 saturated carbocycles. The van der Waals surface area contributed by atoms with Crippen molar-refractivity contribution >= 4 is 33.4 Å². The molecular weight excluding hydrogens is 241 g/mol. The first-order valence-electron chi connectivity index (χ1n) is 3.70. The van der Waals surface area contributed by atoms with Gasteiger partial charge in [0.2, 0.25) is 5.91 Å². The van der Waals surface area contributed by atoms with E-state index in [1.165, 1.54) is 0 Å². The van der Waals surface area contributed by atoms with E-state index in [1.807, 2.05) is 13.8 Å². The van der Waals surface area contributed by atoms with Gasteiger partial charge in [-0.3, -0.25) is 4.79 Å². The van der Waals surface area contributed by atoms with E-state index < -0.39 is 0 Å². The van der Waals surface area contributed by atoms with Gasteiger partial charge in [0.15, 0.2) is 0 Å². The minimum Gasteiger partial charge on any atom is -0.350 e. The minimum absolute atomic E-state index is 0.0493. The van der Waals surface area contributed by atoms with E-state index in [-0.39, 0.29) is 16.7 Å². The Hall–Kier alpha value is -0.0200. The van der Waals surface area contributed by atoms with Crippen LogP contribution in [0.4, 0.5) is 0 Å². The van der Waals surface area contributed by atoms with Crippen LogP contribution < -0.4 is 5.32 Å². The second-order valence-corrected chi connectivity index (χ2v) is 4.40. The maximum atomic E-state index is 11.2. The molecule has 0 aliphatic heterocycles. The second-order valence-electron chi connectivity index (χ2n) is 2.88. The summed E-state index contributed by atoms with van der Waals surface area (Å²) in [6, 6.07) is 0. The number of alkyl halides is 1. The van der Waals surface area contributed by atoms with Crippen molar-refractivity contribution in [2.75, 3.05) is 6.54 Å². The molecule has 1 N–H and O–H groups in total. The molecular formula is C8H13BrClNO. The van der Waals surface area contributed by atoms with Gasteiger partial charge in [-0.05, 0) is 5.92 Å². The number of amides is 1. The first kappa shape index (κ1) is 12.0. The highest BCUT2D eigenvalue weighted by molar-refractivity contribution is 9.10. The summed E-state index contributed by atoms with van der Waals surface area (Å²) in [5.41, 5.74) is 0. The van der Waals surface area contributed by atoms with Gasteiger partial charge in [0, 0.05) is 5.03 Å². The zero-order valence-corrected chi connectivity index (χ0v) is 9.58. The first-order chi connectivity index (χ1) is 5.45. The lowest BCUT2D eigenvalue weighted by Crippen LogP contribution is -2.34. The van der Waals surface area contributed by atoms with Gasteiger partial charge >= 0.3 is 0 Å². The van der Waals surface area contributed by atoms with Crippen molar-refractivity contribution in [1.29, 1.82) is 0 Å². The van der Waals surface area contributed by atoms with Crippen molar-refractivity contribution in [2.45, 2.75) is 18.7 Å². The van der Waals surface area contributed by atoms with E-state index in [9.17, 15) is 4.79 Å². The Morgan fingerprint density at radius 3 is 2.50 bits per heavy atom. The second kappa shape index (κ2) is 5.60. The van der Waals surface area contributed by atoms with E-state index in [2.05, 4.69) is 27.8 Å². The summed E-state index contributed by atoms with van der Waals surface area (Å²) >= 11 is 8.75. The van der Waals surface area contributed by atoms with Crippen LogP contribution in [0.3, 0.4) is 0 Å². The maximum Gasteiger partial charge on any atom is 0.234 e. The summed E-state index contributed by atoms with van der Waals surface area (Å²) in [7, 11) is 0. The monoisotopic (exact) mass is 253 g/mol. The number of rotatable bonds is 4. The van der Waals surface area contributed by atoms with E-state index in [0.717, 1.165) is 0 Å². The predicted molar refractivity (Wildman–Crippen MR) is 55.6 cm³/mol. The number of hydrogen-bond acceptors (Lipinski definition) is 1. The lowest BCUT2D eigenvalue weighted by molar-refractivity contribution is -0.120. The normalized spacial score (nSPS) is 12.8. The molecule has 0 heterocycles. The average molecular weight is 255 g/mol. The Labute approximate surface area is 86.5 Å². The maximum absolute atomic E-state index is 11.2. The zero-order chi connectivity index (χ0) is 9.72. The summed E-state index contributed by atoms with van der Waals surface area (Å²) in [5, 5.41) is 3.08.